The molecule has 1 aromatic rings. The Bertz CT molecular complexity index is 370. The number of ether oxygens (including phenoxy) is 2. The highest BCUT2D eigenvalue weighted by Gasteiger charge is 2.23. The van der Waals surface area contributed by atoms with Crippen LogP contribution in [0.5, 0.6) is 5.75 Å². The monoisotopic (exact) mass is 233 g/mol. The van der Waals surface area contributed by atoms with Gasteiger partial charge in [0.15, 0.2) is 0 Å². The fraction of sp³-hybridized carbons (Fsp3) is 0.571. The Labute approximate surface area is 102 Å². The second kappa shape index (κ2) is 5.07. The SMILES string of the molecule is c1ccc(C2CNCCO2)c(OC2CCC2)c1. The zero-order valence-electron chi connectivity index (χ0n) is 10.0. The van der Waals surface area contributed by atoms with Crippen molar-refractivity contribution in [1.29, 1.82) is 0 Å². The predicted octanol–water partition coefficient (Wildman–Crippen LogP) is 2.28. The molecule has 0 spiro atoms. The third-order valence-electron chi connectivity index (χ3n) is 3.54. The lowest BCUT2D eigenvalue weighted by Crippen LogP contribution is -2.34. The quantitative estimate of drug-likeness (QED) is 0.868. The first-order valence-corrected chi connectivity index (χ1v) is 6.51. The van der Waals surface area contributed by atoms with E-state index in [1.165, 1.54) is 24.8 Å². The minimum atomic E-state index is 0.139. The Morgan fingerprint density at radius 3 is 2.82 bits per heavy atom. The molecule has 0 amide bonds. The summed E-state index contributed by atoms with van der Waals surface area (Å²) in [6.45, 7) is 2.61. The van der Waals surface area contributed by atoms with Gasteiger partial charge in [-0.05, 0) is 25.3 Å². The van der Waals surface area contributed by atoms with Crippen molar-refractivity contribution in [2.45, 2.75) is 31.5 Å². The van der Waals surface area contributed by atoms with Crippen LogP contribution < -0.4 is 10.1 Å². The number of nitrogens with one attached hydrogen (secondary N) is 1. The van der Waals surface area contributed by atoms with E-state index in [2.05, 4.69) is 23.5 Å². The van der Waals surface area contributed by atoms with E-state index in [4.69, 9.17) is 9.47 Å². The molecule has 1 aliphatic heterocycles. The summed E-state index contributed by atoms with van der Waals surface area (Å²) in [6, 6.07) is 8.27. The molecule has 3 rings (SSSR count). The maximum absolute atomic E-state index is 6.03. The summed E-state index contributed by atoms with van der Waals surface area (Å²) in [5, 5.41) is 3.36. The predicted molar refractivity (Wildman–Crippen MR) is 66.3 cm³/mol. The third kappa shape index (κ3) is 2.45. The molecule has 3 heteroatoms. The highest BCUT2D eigenvalue weighted by Crippen LogP contribution is 2.32. The van der Waals surface area contributed by atoms with Crippen molar-refractivity contribution < 1.29 is 9.47 Å². The molecule has 1 N–H and O–H groups in total. The molecule has 1 saturated carbocycles. The van der Waals surface area contributed by atoms with Crippen LogP contribution in [0.15, 0.2) is 24.3 Å². The fourth-order valence-corrected chi connectivity index (χ4v) is 2.29. The molecule has 1 unspecified atom stereocenters. The Kier molecular flexibility index (Phi) is 3.29. The van der Waals surface area contributed by atoms with E-state index in [1.807, 2.05) is 6.07 Å². The fourth-order valence-electron chi connectivity index (χ4n) is 2.29. The summed E-state index contributed by atoms with van der Waals surface area (Å²) in [6.07, 6.45) is 4.25. The first-order valence-electron chi connectivity index (χ1n) is 6.51. The molecule has 1 atom stereocenters. The number of morpholine rings is 1. The molecule has 92 valence electrons. The van der Waals surface area contributed by atoms with Crippen LogP contribution in [-0.4, -0.2) is 25.8 Å². The van der Waals surface area contributed by atoms with Crippen LogP contribution in [0.2, 0.25) is 0 Å². The van der Waals surface area contributed by atoms with Crippen molar-refractivity contribution >= 4 is 0 Å². The molecular formula is C14H19NO2. The van der Waals surface area contributed by atoms with E-state index in [9.17, 15) is 0 Å². The third-order valence-corrected chi connectivity index (χ3v) is 3.54. The molecule has 1 aromatic carbocycles. The molecule has 0 radical (unpaired) electrons. The average molecular weight is 233 g/mol. The number of hydrogen-bond acceptors (Lipinski definition) is 3. The van der Waals surface area contributed by atoms with Gasteiger partial charge in [0.2, 0.25) is 0 Å². The van der Waals surface area contributed by atoms with Crippen LogP contribution in [0.25, 0.3) is 0 Å². The standard InChI is InChI=1S/C14H19NO2/c1-2-7-13(17-11-4-3-5-11)12(6-1)14-10-15-8-9-16-14/h1-2,6-7,11,14-15H,3-5,8-10H2. The molecule has 0 aromatic heterocycles. The normalized spacial score (nSPS) is 25.3. The van der Waals surface area contributed by atoms with Crippen molar-refractivity contribution in [3.63, 3.8) is 0 Å². The molecule has 1 aliphatic carbocycles. The Balaban J connectivity index is 1.76. The van der Waals surface area contributed by atoms with E-state index in [0.29, 0.717) is 6.10 Å². The van der Waals surface area contributed by atoms with Crippen LogP contribution in [-0.2, 0) is 4.74 Å². The largest absolute Gasteiger partial charge is 0.490 e. The van der Waals surface area contributed by atoms with Crippen molar-refractivity contribution in [3.05, 3.63) is 29.8 Å². The molecule has 1 heterocycles. The van der Waals surface area contributed by atoms with Gasteiger partial charge in [-0.1, -0.05) is 18.2 Å². The van der Waals surface area contributed by atoms with Gasteiger partial charge in [0.05, 0.1) is 18.8 Å². The van der Waals surface area contributed by atoms with Gasteiger partial charge < -0.3 is 14.8 Å². The van der Waals surface area contributed by atoms with Gasteiger partial charge >= 0.3 is 0 Å². The van der Waals surface area contributed by atoms with Gasteiger partial charge in [-0.25, -0.2) is 0 Å². The Morgan fingerprint density at radius 2 is 2.12 bits per heavy atom. The first-order chi connectivity index (χ1) is 8.43. The minimum absolute atomic E-state index is 0.139. The van der Waals surface area contributed by atoms with Crippen LogP contribution in [0, 0.1) is 0 Å². The second-order valence-electron chi connectivity index (χ2n) is 4.77. The zero-order valence-corrected chi connectivity index (χ0v) is 10.0. The smallest absolute Gasteiger partial charge is 0.125 e. The topological polar surface area (TPSA) is 30.5 Å². The van der Waals surface area contributed by atoms with Gasteiger partial charge in [-0.2, -0.15) is 0 Å². The van der Waals surface area contributed by atoms with Crippen molar-refractivity contribution in [2.24, 2.45) is 0 Å². The van der Waals surface area contributed by atoms with E-state index in [-0.39, 0.29) is 6.10 Å². The Hall–Kier alpha value is -1.06. The first kappa shape index (κ1) is 11.1. The van der Waals surface area contributed by atoms with E-state index in [1.54, 1.807) is 0 Å². The summed E-state index contributed by atoms with van der Waals surface area (Å²) in [4.78, 5) is 0. The van der Waals surface area contributed by atoms with E-state index >= 15 is 0 Å². The second-order valence-corrected chi connectivity index (χ2v) is 4.77. The summed E-state index contributed by atoms with van der Waals surface area (Å²) >= 11 is 0. The van der Waals surface area contributed by atoms with Crippen molar-refractivity contribution in [3.8, 4) is 5.75 Å². The Morgan fingerprint density at radius 1 is 1.24 bits per heavy atom. The summed E-state index contributed by atoms with van der Waals surface area (Å²) in [7, 11) is 0. The van der Waals surface area contributed by atoms with E-state index < -0.39 is 0 Å². The van der Waals surface area contributed by atoms with Crippen LogP contribution >= 0.6 is 0 Å². The lowest BCUT2D eigenvalue weighted by Gasteiger charge is -2.30. The highest BCUT2D eigenvalue weighted by molar-refractivity contribution is 5.36. The number of benzene rings is 1. The number of rotatable bonds is 3. The van der Waals surface area contributed by atoms with E-state index in [0.717, 1.165) is 25.4 Å². The molecule has 2 fully saturated rings. The molecule has 1 saturated heterocycles. The zero-order chi connectivity index (χ0) is 11.5. The van der Waals surface area contributed by atoms with Gasteiger partial charge in [-0.15, -0.1) is 0 Å². The van der Waals surface area contributed by atoms with Crippen molar-refractivity contribution in [2.75, 3.05) is 19.7 Å². The van der Waals surface area contributed by atoms with Gasteiger partial charge in [0, 0.05) is 18.7 Å². The summed E-state index contributed by atoms with van der Waals surface area (Å²) in [5.41, 5.74) is 1.19. The van der Waals surface area contributed by atoms with Crippen LogP contribution in [0.4, 0.5) is 0 Å². The number of para-hydroxylation sites is 1. The lowest BCUT2D eigenvalue weighted by atomic mass is 9.96. The van der Waals surface area contributed by atoms with Crippen molar-refractivity contribution in [1.82, 2.24) is 5.32 Å². The molecule has 2 aliphatic rings. The average Bonchev–Trinajstić information content (AvgIpc) is 2.35. The van der Waals surface area contributed by atoms with Gasteiger partial charge in [-0.3, -0.25) is 0 Å². The maximum atomic E-state index is 6.03. The van der Waals surface area contributed by atoms with Gasteiger partial charge in [0.1, 0.15) is 5.75 Å². The molecule has 0 bridgehead atoms. The van der Waals surface area contributed by atoms with Gasteiger partial charge in [0.25, 0.3) is 0 Å². The molecular weight excluding hydrogens is 214 g/mol. The van der Waals surface area contributed by atoms with Crippen LogP contribution in [0.3, 0.4) is 0 Å². The lowest BCUT2D eigenvalue weighted by molar-refractivity contribution is 0.0234. The number of hydrogen-bond donors (Lipinski definition) is 1. The summed E-state index contributed by atoms with van der Waals surface area (Å²) in [5.74, 6) is 1.01. The highest BCUT2D eigenvalue weighted by atomic mass is 16.5. The molecule has 3 nitrogen and oxygen atoms in total. The molecule has 17 heavy (non-hydrogen) atoms. The maximum Gasteiger partial charge on any atom is 0.125 e. The summed E-state index contributed by atoms with van der Waals surface area (Å²) < 4.78 is 11.8. The van der Waals surface area contributed by atoms with Crippen LogP contribution in [0.1, 0.15) is 30.9 Å². The minimum Gasteiger partial charge on any atom is -0.490 e.